The summed E-state index contributed by atoms with van der Waals surface area (Å²) in [5, 5.41) is 6.35. The van der Waals surface area contributed by atoms with Crippen LogP contribution < -0.4 is 10.6 Å². The predicted molar refractivity (Wildman–Crippen MR) is 97.0 cm³/mol. The Bertz CT molecular complexity index is 668. The number of thiazole rings is 1. The predicted octanol–water partition coefficient (Wildman–Crippen LogP) is 1.93. The third kappa shape index (κ3) is 5.01. The number of aromatic nitrogens is 1. The molecule has 0 fully saturated rings. The monoisotopic (exact) mass is 348 g/mol. The van der Waals surface area contributed by atoms with Crippen molar-refractivity contribution >= 4 is 33.4 Å². The van der Waals surface area contributed by atoms with Gasteiger partial charge in [-0.1, -0.05) is 19.1 Å². The molecule has 1 heterocycles. The summed E-state index contributed by atoms with van der Waals surface area (Å²) in [7, 11) is 1.88. The maximum atomic E-state index is 12.0. The van der Waals surface area contributed by atoms with Crippen molar-refractivity contribution in [3.05, 3.63) is 29.3 Å². The molecule has 6 nitrogen and oxygen atoms in total. The first-order chi connectivity index (χ1) is 11.5. The molecule has 0 radical (unpaired) electrons. The number of carbonyl (C=O) groups is 2. The van der Waals surface area contributed by atoms with Gasteiger partial charge in [0.15, 0.2) is 0 Å². The molecule has 1 aromatic heterocycles. The minimum atomic E-state index is -0.169. The van der Waals surface area contributed by atoms with E-state index in [1.54, 1.807) is 11.3 Å². The fraction of sp³-hybridized carbons (Fsp3) is 0.471. The number of likely N-dealkylation sites (N-methyl/N-ethyl adjacent to an activating group) is 1. The Balaban J connectivity index is 1.85. The van der Waals surface area contributed by atoms with Crippen LogP contribution in [0, 0.1) is 0 Å². The van der Waals surface area contributed by atoms with Crippen LogP contribution in [0.5, 0.6) is 0 Å². The first-order valence-electron chi connectivity index (χ1n) is 8.10. The molecule has 1 atom stereocenters. The highest BCUT2D eigenvalue weighted by atomic mass is 32.1. The minimum Gasteiger partial charge on any atom is -0.355 e. The maximum absolute atomic E-state index is 12.0. The molecule has 2 amide bonds. The second-order valence-electron chi connectivity index (χ2n) is 5.74. The summed E-state index contributed by atoms with van der Waals surface area (Å²) < 4.78 is 1.14. The Morgan fingerprint density at radius 1 is 1.25 bits per heavy atom. The Morgan fingerprint density at radius 2 is 2.00 bits per heavy atom. The van der Waals surface area contributed by atoms with E-state index in [1.165, 1.54) is 0 Å². The molecule has 0 unspecified atom stereocenters. The maximum Gasteiger partial charge on any atom is 0.239 e. The fourth-order valence-corrected chi connectivity index (χ4v) is 3.27. The molecule has 0 aliphatic rings. The van der Waals surface area contributed by atoms with Crippen molar-refractivity contribution in [1.82, 2.24) is 20.5 Å². The quantitative estimate of drug-likeness (QED) is 0.764. The van der Waals surface area contributed by atoms with Crippen molar-refractivity contribution in [2.24, 2.45) is 0 Å². The van der Waals surface area contributed by atoms with E-state index in [9.17, 15) is 9.59 Å². The van der Waals surface area contributed by atoms with E-state index in [2.05, 4.69) is 15.6 Å². The van der Waals surface area contributed by atoms with Crippen LogP contribution in [0.3, 0.4) is 0 Å². The van der Waals surface area contributed by atoms with E-state index in [4.69, 9.17) is 0 Å². The molecule has 2 N–H and O–H groups in total. The highest BCUT2D eigenvalue weighted by Gasteiger charge is 2.18. The highest BCUT2D eigenvalue weighted by molar-refractivity contribution is 7.18. The van der Waals surface area contributed by atoms with Crippen LogP contribution in [-0.4, -0.2) is 48.4 Å². The summed E-state index contributed by atoms with van der Waals surface area (Å²) in [4.78, 5) is 30.0. The van der Waals surface area contributed by atoms with E-state index < -0.39 is 0 Å². The molecule has 24 heavy (non-hydrogen) atoms. The number of amides is 2. The van der Waals surface area contributed by atoms with Crippen LogP contribution >= 0.6 is 11.3 Å². The largest absolute Gasteiger partial charge is 0.355 e. The lowest BCUT2D eigenvalue weighted by Crippen LogP contribution is -2.41. The van der Waals surface area contributed by atoms with Gasteiger partial charge >= 0.3 is 0 Å². The smallest absolute Gasteiger partial charge is 0.239 e. The van der Waals surface area contributed by atoms with Crippen molar-refractivity contribution in [2.75, 3.05) is 26.7 Å². The molecular weight excluding hydrogens is 324 g/mol. The van der Waals surface area contributed by atoms with Crippen LogP contribution in [0.1, 0.15) is 31.3 Å². The molecule has 0 saturated carbocycles. The molecule has 0 aliphatic heterocycles. The van der Waals surface area contributed by atoms with Gasteiger partial charge in [0.25, 0.3) is 0 Å². The zero-order valence-corrected chi connectivity index (χ0v) is 15.2. The Kier molecular flexibility index (Phi) is 6.69. The number of hydrogen-bond donors (Lipinski definition) is 2. The highest BCUT2D eigenvalue weighted by Crippen LogP contribution is 2.28. The molecule has 0 spiro atoms. The van der Waals surface area contributed by atoms with Crippen molar-refractivity contribution in [3.63, 3.8) is 0 Å². The number of fused-ring (bicyclic) bond motifs is 1. The standard InChI is InChI=1S/C17H24N4O2S/c1-4-9-18-15(22)10-19-16(23)11-21(3)12(2)17-20-13-7-5-6-8-14(13)24-17/h5-8,12H,4,9-11H2,1-3H3,(H,18,22)(H,19,23)/t12-/m1/s1. The van der Waals surface area contributed by atoms with Crippen LogP contribution in [0.4, 0.5) is 0 Å². The molecule has 130 valence electrons. The second-order valence-corrected chi connectivity index (χ2v) is 6.80. The average molecular weight is 348 g/mol. The zero-order chi connectivity index (χ0) is 17.5. The van der Waals surface area contributed by atoms with E-state index in [-0.39, 0.29) is 30.9 Å². The SMILES string of the molecule is CCCNC(=O)CNC(=O)CN(C)[C@H](C)c1nc2ccccc2s1. The van der Waals surface area contributed by atoms with Gasteiger partial charge in [0, 0.05) is 6.54 Å². The number of nitrogens with one attached hydrogen (secondary N) is 2. The second kappa shape index (κ2) is 8.75. The first kappa shape index (κ1) is 18.4. The van der Waals surface area contributed by atoms with Crippen LogP contribution in [0.2, 0.25) is 0 Å². The van der Waals surface area contributed by atoms with E-state index in [0.29, 0.717) is 6.54 Å². The number of rotatable bonds is 8. The molecule has 0 bridgehead atoms. The Morgan fingerprint density at radius 3 is 2.71 bits per heavy atom. The molecule has 0 saturated heterocycles. The van der Waals surface area contributed by atoms with Gasteiger partial charge in [0.1, 0.15) is 5.01 Å². The van der Waals surface area contributed by atoms with Crippen LogP contribution in [-0.2, 0) is 9.59 Å². The fourth-order valence-electron chi connectivity index (χ4n) is 2.18. The van der Waals surface area contributed by atoms with Gasteiger partial charge in [0.05, 0.1) is 29.3 Å². The zero-order valence-electron chi connectivity index (χ0n) is 14.3. The van der Waals surface area contributed by atoms with Crippen molar-refractivity contribution < 1.29 is 9.59 Å². The average Bonchev–Trinajstić information content (AvgIpc) is 3.01. The summed E-state index contributed by atoms with van der Waals surface area (Å²) in [6, 6.07) is 8.03. The summed E-state index contributed by atoms with van der Waals surface area (Å²) in [6.07, 6.45) is 0.877. The third-order valence-corrected chi connectivity index (χ3v) is 4.95. The summed E-state index contributed by atoms with van der Waals surface area (Å²) in [5.74, 6) is -0.329. The van der Waals surface area contributed by atoms with Gasteiger partial charge in [-0.15, -0.1) is 11.3 Å². The lowest BCUT2D eigenvalue weighted by Gasteiger charge is -2.22. The van der Waals surface area contributed by atoms with Gasteiger partial charge in [-0.3, -0.25) is 14.5 Å². The third-order valence-electron chi connectivity index (χ3n) is 3.74. The van der Waals surface area contributed by atoms with Gasteiger partial charge in [0.2, 0.25) is 11.8 Å². The normalized spacial score (nSPS) is 12.3. The van der Waals surface area contributed by atoms with Crippen LogP contribution in [0.15, 0.2) is 24.3 Å². The molecule has 7 heteroatoms. The molecule has 1 aromatic carbocycles. The molecule has 0 aliphatic carbocycles. The van der Waals surface area contributed by atoms with E-state index >= 15 is 0 Å². The Labute approximate surface area is 146 Å². The van der Waals surface area contributed by atoms with Gasteiger partial charge in [-0.05, 0) is 32.5 Å². The number of carbonyl (C=O) groups excluding carboxylic acids is 2. The van der Waals surface area contributed by atoms with E-state index in [0.717, 1.165) is 21.6 Å². The number of para-hydroxylation sites is 1. The van der Waals surface area contributed by atoms with Gasteiger partial charge < -0.3 is 10.6 Å². The summed E-state index contributed by atoms with van der Waals surface area (Å²) >= 11 is 1.64. The number of hydrogen-bond acceptors (Lipinski definition) is 5. The lowest BCUT2D eigenvalue weighted by atomic mass is 10.3. The minimum absolute atomic E-state index is 0.0161. The lowest BCUT2D eigenvalue weighted by molar-refractivity contribution is -0.126. The van der Waals surface area contributed by atoms with Crippen molar-refractivity contribution in [3.8, 4) is 0 Å². The Hall–Kier alpha value is -1.99. The molecule has 2 rings (SSSR count). The van der Waals surface area contributed by atoms with Gasteiger partial charge in [-0.2, -0.15) is 0 Å². The first-order valence-corrected chi connectivity index (χ1v) is 8.92. The summed E-state index contributed by atoms with van der Waals surface area (Å²) in [6.45, 7) is 4.87. The number of benzene rings is 1. The number of nitrogens with zero attached hydrogens (tertiary/aromatic N) is 2. The van der Waals surface area contributed by atoms with Crippen molar-refractivity contribution in [1.29, 1.82) is 0 Å². The summed E-state index contributed by atoms with van der Waals surface area (Å²) in [5.41, 5.74) is 0.981. The van der Waals surface area contributed by atoms with Gasteiger partial charge in [-0.25, -0.2) is 4.98 Å². The van der Waals surface area contributed by atoms with Crippen molar-refractivity contribution in [2.45, 2.75) is 26.3 Å². The van der Waals surface area contributed by atoms with Crippen LogP contribution in [0.25, 0.3) is 10.2 Å². The molecule has 2 aromatic rings. The molecular formula is C17H24N4O2S. The topological polar surface area (TPSA) is 74.3 Å². The van der Waals surface area contributed by atoms with E-state index in [1.807, 2.05) is 50.1 Å².